The van der Waals surface area contributed by atoms with Gasteiger partial charge in [-0.2, -0.15) is 9.97 Å². The molecule has 0 bridgehead atoms. The number of likely N-dealkylation sites (N-methyl/N-ethyl adjacent to an activating group) is 1. The minimum absolute atomic E-state index is 0.231. The lowest BCUT2D eigenvalue weighted by Gasteiger charge is -2.36. The molecule has 234 valence electrons. The number of hydrogen-bond acceptors (Lipinski definition) is 9. The third-order valence-electron chi connectivity index (χ3n) is 9.64. The summed E-state index contributed by atoms with van der Waals surface area (Å²) < 4.78 is 8.37. The maximum atomic E-state index is 6.36. The van der Waals surface area contributed by atoms with Crippen molar-refractivity contribution in [3.05, 3.63) is 71.9 Å². The van der Waals surface area contributed by atoms with E-state index in [1.165, 1.54) is 34.0 Å². The molecule has 0 amide bonds. The van der Waals surface area contributed by atoms with E-state index in [2.05, 4.69) is 86.0 Å². The fraction of sp³-hybridized carbons (Fsp3) is 0.486. The Balaban J connectivity index is 1.09. The number of anilines is 2. The lowest BCUT2D eigenvalue weighted by Crippen LogP contribution is -2.39. The van der Waals surface area contributed by atoms with E-state index in [4.69, 9.17) is 14.7 Å². The van der Waals surface area contributed by atoms with E-state index >= 15 is 0 Å². The number of piperidine rings is 1. The molecule has 0 N–H and O–H groups in total. The van der Waals surface area contributed by atoms with Crippen molar-refractivity contribution in [1.82, 2.24) is 24.4 Å². The number of imidazole rings is 1. The molecule has 10 heteroatoms. The number of aromatic nitrogens is 4. The van der Waals surface area contributed by atoms with Gasteiger partial charge in [-0.3, -0.25) is 0 Å². The summed E-state index contributed by atoms with van der Waals surface area (Å²) in [5.41, 5.74) is 4.92. The summed E-state index contributed by atoms with van der Waals surface area (Å²) in [6.07, 6.45) is 10.7. The van der Waals surface area contributed by atoms with Crippen LogP contribution in [-0.4, -0.2) is 88.9 Å². The van der Waals surface area contributed by atoms with Gasteiger partial charge in [0, 0.05) is 61.3 Å². The summed E-state index contributed by atoms with van der Waals surface area (Å²) in [6.45, 7) is 8.86. The molecule has 0 saturated carbocycles. The number of aryl methyl sites for hydroxylation is 1. The van der Waals surface area contributed by atoms with Gasteiger partial charge >= 0.3 is 6.01 Å². The van der Waals surface area contributed by atoms with Crippen molar-refractivity contribution in [2.75, 3.05) is 56.2 Å². The topological polar surface area (TPSA) is 87.3 Å². The molecule has 45 heavy (non-hydrogen) atoms. The van der Waals surface area contributed by atoms with Gasteiger partial charge in [0.15, 0.2) is 0 Å². The largest absolute Gasteiger partial charge is 0.462 e. The van der Waals surface area contributed by atoms with Crippen LogP contribution in [0, 0.1) is 6.92 Å². The zero-order valence-corrected chi connectivity index (χ0v) is 26.5. The molecule has 2 aromatic heterocycles. The molecule has 10 nitrogen and oxygen atoms in total. The van der Waals surface area contributed by atoms with Gasteiger partial charge in [0.05, 0.1) is 37.2 Å². The van der Waals surface area contributed by atoms with Gasteiger partial charge in [0.1, 0.15) is 12.4 Å². The zero-order valence-electron chi connectivity index (χ0n) is 26.5. The van der Waals surface area contributed by atoms with Gasteiger partial charge in [-0.15, -0.1) is 0 Å². The van der Waals surface area contributed by atoms with Gasteiger partial charge in [0.2, 0.25) is 0 Å². The van der Waals surface area contributed by atoms with Crippen LogP contribution in [-0.2, 0) is 19.5 Å². The van der Waals surface area contributed by atoms with E-state index in [0.29, 0.717) is 25.2 Å². The predicted octanol–water partition coefficient (Wildman–Crippen LogP) is 5.01. The minimum atomic E-state index is 0.231. The lowest BCUT2D eigenvalue weighted by molar-refractivity contribution is 0.187. The maximum Gasteiger partial charge on any atom is 0.318 e. The van der Waals surface area contributed by atoms with Crippen LogP contribution in [0.4, 0.5) is 11.5 Å². The quantitative estimate of drug-likeness (QED) is 0.248. The number of likely N-dealkylation sites (tertiary alicyclic amines) is 1. The highest BCUT2D eigenvalue weighted by Crippen LogP contribution is 2.36. The molecule has 2 saturated heterocycles. The average Bonchev–Trinajstić information content (AvgIpc) is 3.75. The molecule has 5 heterocycles. The second kappa shape index (κ2) is 13.4. The maximum absolute atomic E-state index is 6.36. The summed E-state index contributed by atoms with van der Waals surface area (Å²) >= 11 is 0. The van der Waals surface area contributed by atoms with Crippen LogP contribution in [0.25, 0.3) is 10.8 Å². The number of benzene rings is 2. The van der Waals surface area contributed by atoms with Crippen molar-refractivity contribution in [2.24, 2.45) is 9.98 Å². The fourth-order valence-corrected chi connectivity index (χ4v) is 7.01. The summed E-state index contributed by atoms with van der Waals surface area (Å²) in [7, 11) is 2.18. The Morgan fingerprint density at radius 2 is 1.87 bits per heavy atom. The summed E-state index contributed by atoms with van der Waals surface area (Å²) in [5, 5.41) is 2.60. The molecule has 4 aromatic rings. The van der Waals surface area contributed by atoms with E-state index in [0.717, 1.165) is 76.5 Å². The monoisotopic (exact) mass is 605 g/mol. The highest BCUT2D eigenvalue weighted by Gasteiger charge is 2.29. The van der Waals surface area contributed by atoms with E-state index in [1.807, 2.05) is 10.8 Å². The molecule has 3 aliphatic rings. The molecule has 0 aliphatic carbocycles. The van der Waals surface area contributed by atoms with E-state index < -0.39 is 0 Å². The minimum Gasteiger partial charge on any atom is -0.462 e. The van der Waals surface area contributed by atoms with E-state index in [1.54, 1.807) is 12.5 Å². The second-order valence-electron chi connectivity index (χ2n) is 12.6. The SMILES string of the molecule is Cc1cccc2cccc(N3CCc4c(nc(OC[C@@H]5CCCN5C)nc4N4CCC(N=C=NCCn5ccnc5)CC4)C3)c12. The van der Waals surface area contributed by atoms with Gasteiger partial charge in [-0.05, 0) is 69.6 Å². The number of rotatable bonds is 9. The molecule has 0 radical (unpaired) electrons. The molecule has 7 rings (SSSR count). The Kier molecular flexibility index (Phi) is 8.76. The first-order chi connectivity index (χ1) is 22.1. The van der Waals surface area contributed by atoms with Gasteiger partial charge in [-0.25, -0.2) is 15.0 Å². The average molecular weight is 606 g/mol. The summed E-state index contributed by atoms with van der Waals surface area (Å²) in [5.74, 6) is 1.04. The van der Waals surface area contributed by atoms with Crippen molar-refractivity contribution in [3.8, 4) is 6.01 Å². The predicted molar refractivity (Wildman–Crippen MR) is 179 cm³/mol. The molecule has 2 fully saturated rings. The smallest absolute Gasteiger partial charge is 0.318 e. The molecule has 3 aliphatic heterocycles. The molecule has 2 aromatic carbocycles. The third-order valence-corrected chi connectivity index (χ3v) is 9.64. The Hall–Kier alpha value is -4.27. The Morgan fingerprint density at radius 3 is 2.67 bits per heavy atom. The number of hydrogen-bond donors (Lipinski definition) is 0. The normalized spacial score (nSPS) is 19.0. The fourth-order valence-electron chi connectivity index (χ4n) is 7.01. The second-order valence-corrected chi connectivity index (χ2v) is 12.6. The van der Waals surface area contributed by atoms with Crippen LogP contribution in [0.3, 0.4) is 0 Å². The summed E-state index contributed by atoms with van der Waals surface area (Å²) in [6, 6.07) is 17.3. The zero-order chi connectivity index (χ0) is 30.6. The number of nitrogens with zero attached hydrogens (tertiary/aromatic N) is 9. The Labute approximate surface area is 265 Å². The number of aliphatic imine (C=N–C) groups is 2. The van der Waals surface area contributed by atoms with Crippen molar-refractivity contribution in [1.29, 1.82) is 0 Å². The van der Waals surface area contributed by atoms with Gasteiger partial charge in [0.25, 0.3) is 0 Å². The van der Waals surface area contributed by atoms with Crippen molar-refractivity contribution >= 4 is 28.3 Å². The first-order valence-corrected chi connectivity index (χ1v) is 16.4. The lowest BCUT2D eigenvalue weighted by atomic mass is 9.99. The highest BCUT2D eigenvalue weighted by molar-refractivity contribution is 5.97. The molecule has 0 unspecified atom stereocenters. The van der Waals surface area contributed by atoms with Gasteiger partial charge < -0.3 is 24.0 Å². The molecule has 0 spiro atoms. The van der Waals surface area contributed by atoms with E-state index in [9.17, 15) is 0 Å². The first kappa shape index (κ1) is 29.4. The number of fused-ring (bicyclic) bond motifs is 2. The van der Waals surface area contributed by atoms with Crippen LogP contribution in [0.2, 0.25) is 0 Å². The third kappa shape index (κ3) is 6.58. The molecular formula is C35H43N9O. The first-order valence-electron chi connectivity index (χ1n) is 16.4. The standard InChI is InChI=1S/C35H43N9O/c1-26-6-3-7-27-8-4-10-32(33(26)27)44-19-13-30-31(22-44)39-35(45-23-29-9-5-16-41(29)2)40-34(30)43-17-11-28(12-18-43)38-24-36-14-20-42-21-15-37-25-42/h3-4,6-8,10,15,21,25,28-29H,5,9,11-14,16-20,22-23H2,1-2H3/t29-/m0/s1. The molecular weight excluding hydrogens is 562 g/mol. The van der Waals surface area contributed by atoms with Crippen molar-refractivity contribution in [3.63, 3.8) is 0 Å². The number of ether oxygens (including phenoxy) is 1. The van der Waals surface area contributed by atoms with Crippen LogP contribution in [0.15, 0.2) is 65.1 Å². The van der Waals surface area contributed by atoms with E-state index in [-0.39, 0.29) is 6.04 Å². The van der Waals surface area contributed by atoms with Gasteiger partial charge in [-0.1, -0.05) is 30.3 Å². The van der Waals surface area contributed by atoms with Crippen LogP contribution in [0.1, 0.15) is 42.5 Å². The van der Waals surface area contributed by atoms with Crippen molar-refractivity contribution < 1.29 is 4.74 Å². The van der Waals surface area contributed by atoms with Crippen molar-refractivity contribution in [2.45, 2.75) is 64.2 Å². The highest BCUT2D eigenvalue weighted by atomic mass is 16.5. The molecule has 1 atom stereocenters. The Bertz CT molecular complexity index is 1670. The summed E-state index contributed by atoms with van der Waals surface area (Å²) in [4.78, 5) is 30.5. The Morgan fingerprint density at radius 1 is 1.00 bits per heavy atom. The van der Waals surface area contributed by atoms with Crippen LogP contribution < -0.4 is 14.5 Å². The van der Waals surface area contributed by atoms with Crippen LogP contribution >= 0.6 is 0 Å². The van der Waals surface area contributed by atoms with Crippen LogP contribution in [0.5, 0.6) is 6.01 Å².